The molecule has 160 valence electrons. The first kappa shape index (κ1) is 22.8. The van der Waals surface area contributed by atoms with Crippen molar-refractivity contribution >= 4 is 19.7 Å². The lowest BCUT2D eigenvalue weighted by Gasteiger charge is -2.36. The van der Waals surface area contributed by atoms with Crippen LogP contribution in [0.2, 0.25) is 0 Å². The molecule has 2 rings (SSSR count). The van der Waals surface area contributed by atoms with Crippen molar-refractivity contribution in [2.75, 3.05) is 0 Å². The van der Waals surface area contributed by atoms with E-state index in [0.29, 0.717) is 6.08 Å². The molecular weight excluding hydrogens is 448 g/mol. The molecule has 0 N–H and O–H groups in total. The highest BCUT2D eigenvalue weighted by atomic mass is 32.3. The fourth-order valence-electron chi connectivity index (χ4n) is 2.81. The van der Waals surface area contributed by atoms with Gasteiger partial charge < -0.3 is 0 Å². The third-order valence-corrected chi connectivity index (χ3v) is 8.89. The van der Waals surface area contributed by atoms with Crippen molar-refractivity contribution in [1.82, 2.24) is 0 Å². The number of hydrogen-bond acceptors (Lipinski definition) is 4. The van der Waals surface area contributed by atoms with Gasteiger partial charge in [0, 0.05) is 0 Å². The Hall–Kier alpha value is -1.44. The Morgan fingerprint density at radius 2 is 1.29 bits per heavy atom. The molecule has 0 saturated heterocycles. The Morgan fingerprint density at radius 1 is 0.821 bits per heavy atom. The second kappa shape index (κ2) is 7.43. The van der Waals surface area contributed by atoms with Crippen LogP contribution in [0, 0.1) is 0 Å². The average molecular weight is 460 g/mol. The van der Waals surface area contributed by atoms with Crippen molar-refractivity contribution in [2.24, 2.45) is 0 Å². The summed E-state index contributed by atoms with van der Waals surface area (Å²) >= 11 is 0. The zero-order chi connectivity index (χ0) is 21.7. The van der Waals surface area contributed by atoms with Crippen LogP contribution >= 0.6 is 0 Å². The van der Waals surface area contributed by atoms with E-state index in [1.54, 1.807) is 0 Å². The molecule has 2 aliphatic carbocycles. The summed E-state index contributed by atoms with van der Waals surface area (Å²) in [6.07, 6.45) is -14.6. The highest BCUT2D eigenvalue weighted by Crippen LogP contribution is 2.43. The minimum Gasteiger partial charge on any atom is -0.243 e. The molecule has 0 bridgehead atoms. The summed E-state index contributed by atoms with van der Waals surface area (Å²) in [5.41, 5.74) is -7.20. The van der Waals surface area contributed by atoms with E-state index in [-0.39, 0.29) is 0 Å². The van der Waals surface area contributed by atoms with E-state index in [4.69, 9.17) is 0 Å². The number of allylic oxidation sites excluding steroid dienone is 5. The van der Waals surface area contributed by atoms with Gasteiger partial charge in [0.1, 0.15) is 5.25 Å². The predicted octanol–water partition coefficient (Wildman–Crippen LogP) is 3.14. The Balaban J connectivity index is 2.76. The molecule has 0 aromatic rings. The second-order valence-corrected chi connectivity index (χ2v) is 10.2. The molecule has 0 amide bonds. The van der Waals surface area contributed by atoms with E-state index in [9.17, 15) is 52.0 Å². The predicted molar refractivity (Wildman–Crippen MR) is 82.1 cm³/mol. The molecule has 2 aliphatic rings. The van der Waals surface area contributed by atoms with Crippen LogP contribution in [0.15, 0.2) is 34.1 Å². The van der Waals surface area contributed by atoms with Crippen LogP contribution in [0.3, 0.4) is 0 Å². The van der Waals surface area contributed by atoms with Gasteiger partial charge in [0.05, 0.1) is 0 Å². The molecular formula is C14H12F8O4S2. The lowest BCUT2D eigenvalue weighted by molar-refractivity contribution is -0.0477. The Labute approximate surface area is 154 Å². The summed E-state index contributed by atoms with van der Waals surface area (Å²) in [4.78, 5) is 0. The fraction of sp³-hybridized carbons (Fsp3) is 0.571. The van der Waals surface area contributed by atoms with E-state index >= 15 is 0 Å². The van der Waals surface area contributed by atoms with Gasteiger partial charge in [-0.05, 0) is 12.0 Å². The van der Waals surface area contributed by atoms with Crippen LogP contribution in [-0.2, 0) is 19.7 Å². The van der Waals surface area contributed by atoms with Crippen LogP contribution in [0.4, 0.5) is 35.1 Å². The van der Waals surface area contributed by atoms with Gasteiger partial charge in [-0.3, -0.25) is 0 Å². The zero-order valence-corrected chi connectivity index (χ0v) is 15.1. The average Bonchev–Trinajstić information content (AvgIpc) is 2.57. The van der Waals surface area contributed by atoms with Crippen LogP contribution in [0.25, 0.3) is 0 Å². The van der Waals surface area contributed by atoms with Crippen LogP contribution in [0.5, 0.6) is 0 Å². The Kier molecular flexibility index (Phi) is 6.06. The molecule has 0 aromatic carbocycles. The molecule has 28 heavy (non-hydrogen) atoms. The molecule has 14 heteroatoms. The minimum atomic E-state index is -6.71. The van der Waals surface area contributed by atoms with Gasteiger partial charge in [-0.2, -0.15) is 13.2 Å². The molecule has 0 aliphatic heterocycles. The highest BCUT2D eigenvalue weighted by Gasteiger charge is 2.63. The van der Waals surface area contributed by atoms with Gasteiger partial charge in [0.15, 0.2) is 44.9 Å². The molecule has 0 heterocycles. The van der Waals surface area contributed by atoms with Crippen LogP contribution < -0.4 is 0 Å². The second-order valence-electron chi connectivity index (χ2n) is 5.99. The normalized spacial score (nSPS) is 36.4. The summed E-state index contributed by atoms with van der Waals surface area (Å²) in [5, 5.41) is -3.52. The third kappa shape index (κ3) is 3.60. The molecule has 0 spiro atoms. The monoisotopic (exact) mass is 460 g/mol. The maximum Gasteiger partial charge on any atom is 0.502 e. The minimum absolute atomic E-state index is 0.636. The largest absolute Gasteiger partial charge is 0.502 e. The maximum atomic E-state index is 14.1. The van der Waals surface area contributed by atoms with Crippen molar-refractivity contribution in [1.29, 1.82) is 0 Å². The van der Waals surface area contributed by atoms with E-state index in [0.717, 1.165) is 12.2 Å². The maximum absolute atomic E-state index is 14.1. The number of sulfone groups is 2. The van der Waals surface area contributed by atoms with Gasteiger partial charge in [0.25, 0.3) is 9.84 Å². The molecule has 1 fully saturated rings. The SMILES string of the molecule is O=S(=O)(/C(=C1/C=CC=CC1)S(=O)(=O)C(F)(F)F)C1C(F)C(F)C(F)C(F)C1F. The van der Waals surface area contributed by atoms with Gasteiger partial charge in [-0.1, -0.05) is 24.3 Å². The van der Waals surface area contributed by atoms with Gasteiger partial charge in [0.2, 0.25) is 0 Å². The number of hydrogen-bond donors (Lipinski definition) is 0. The lowest BCUT2D eigenvalue weighted by atomic mass is 9.91. The fourth-order valence-corrected chi connectivity index (χ4v) is 7.10. The van der Waals surface area contributed by atoms with E-state index in [1.807, 2.05) is 0 Å². The quantitative estimate of drug-likeness (QED) is 0.607. The first-order valence-electron chi connectivity index (χ1n) is 7.47. The standard InChI is InChI=1S/C14H12F8O4S2/c15-7-8(16)10(18)12(11(19)9(7)17)27(23,24)13(6-4-2-1-3-5-6)28(25,26)14(20,21)22/h1-4,7-12H,5H2/b13-6+. The van der Waals surface area contributed by atoms with E-state index in [2.05, 4.69) is 0 Å². The van der Waals surface area contributed by atoms with Gasteiger partial charge >= 0.3 is 5.51 Å². The van der Waals surface area contributed by atoms with Crippen molar-refractivity contribution in [3.8, 4) is 0 Å². The van der Waals surface area contributed by atoms with Crippen LogP contribution in [-0.4, -0.2) is 58.5 Å². The summed E-state index contributed by atoms with van der Waals surface area (Å²) in [6, 6.07) is 0. The first-order valence-corrected chi connectivity index (χ1v) is 10.5. The zero-order valence-electron chi connectivity index (χ0n) is 13.5. The number of halogens is 8. The summed E-state index contributed by atoms with van der Waals surface area (Å²) in [7, 11) is -12.9. The molecule has 4 unspecified atom stereocenters. The van der Waals surface area contributed by atoms with Crippen molar-refractivity contribution < 1.29 is 52.0 Å². The third-order valence-electron chi connectivity index (χ3n) is 4.15. The highest BCUT2D eigenvalue weighted by molar-refractivity contribution is 8.15. The topological polar surface area (TPSA) is 68.3 Å². The van der Waals surface area contributed by atoms with Crippen molar-refractivity contribution in [2.45, 2.75) is 48.0 Å². The Bertz CT molecular complexity index is 903. The summed E-state index contributed by atoms with van der Waals surface area (Å²) < 4.78 is 154. The summed E-state index contributed by atoms with van der Waals surface area (Å²) in [5.74, 6) is 0. The molecule has 4 nitrogen and oxygen atoms in total. The van der Waals surface area contributed by atoms with Gasteiger partial charge in [-0.25, -0.2) is 38.8 Å². The number of alkyl halides is 8. The van der Waals surface area contributed by atoms with Crippen molar-refractivity contribution in [3.63, 3.8) is 0 Å². The van der Waals surface area contributed by atoms with Crippen molar-refractivity contribution in [3.05, 3.63) is 34.1 Å². The molecule has 4 atom stereocenters. The Morgan fingerprint density at radius 3 is 1.68 bits per heavy atom. The first-order chi connectivity index (χ1) is 12.7. The molecule has 0 radical (unpaired) electrons. The smallest absolute Gasteiger partial charge is 0.243 e. The summed E-state index contributed by atoms with van der Waals surface area (Å²) in [6.45, 7) is 0. The molecule has 1 saturated carbocycles. The molecule has 0 aromatic heterocycles. The van der Waals surface area contributed by atoms with Gasteiger partial charge in [-0.15, -0.1) is 0 Å². The number of rotatable bonds is 3. The van der Waals surface area contributed by atoms with E-state index < -0.39 is 77.5 Å². The van der Waals surface area contributed by atoms with Crippen LogP contribution in [0.1, 0.15) is 6.42 Å². The lowest BCUT2D eigenvalue weighted by Crippen LogP contribution is -2.59. The van der Waals surface area contributed by atoms with E-state index in [1.165, 1.54) is 6.08 Å².